The molecule has 176 valence electrons. The highest BCUT2D eigenvalue weighted by Crippen LogP contribution is 2.30. The molecule has 0 heterocycles. The third-order valence-electron chi connectivity index (χ3n) is 4.40. The van der Waals surface area contributed by atoms with Crippen LogP contribution in [-0.2, 0) is 22.4 Å². The van der Waals surface area contributed by atoms with Gasteiger partial charge in [0.05, 0.1) is 11.8 Å². The predicted octanol–water partition coefficient (Wildman–Crippen LogP) is 5.53. The summed E-state index contributed by atoms with van der Waals surface area (Å²) in [6.07, 6.45) is -3.74. The van der Waals surface area contributed by atoms with Crippen molar-refractivity contribution in [3.63, 3.8) is 0 Å². The number of rotatable bonds is 8. The Balaban J connectivity index is 1.43. The number of anilines is 1. The van der Waals surface area contributed by atoms with Gasteiger partial charge in [-0.25, -0.2) is 5.43 Å². The molecule has 0 saturated heterocycles. The van der Waals surface area contributed by atoms with E-state index in [4.69, 9.17) is 4.74 Å². The van der Waals surface area contributed by atoms with Gasteiger partial charge < -0.3 is 10.1 Å². The summed E-state index contributed by atoms with van der Waals surface area (Å²) in [5.41, 5.74) is 2.95. The third kappa shape index (κ3) is 8.04. The van der Waals surface area contributed by atoms with Gasteiger partial charge in [0.1, 0.15) is 18.8 Å². The summed E-state index contributed by atoms with van der Waals surface area (Å²) in [6, 6.07) is 18.9. The summed E-state index contributed by atoms with van der Waals surface area (Å²) in [5.74, 6) is -0.815. The predicted molar refractivity (Wildman–Crippen MR) is 125 cm³/mol. The molecule has 3 aromatic carbocycles. The standard InChI is InChI=1S/C24H19BrF3N3O3/c25-19-8-4-17(5-9-19)15-34-21-10-6-16(7-11-21)14-29-31-23(33)13-22(32)30-20-3-1-2-18(12-20)24(26,27)28/h1-12,14H,13,15H2,(H,30,32)(H,31,33). The molecule has 34 heavy (non-hydrogen) atoms. The summed E-state index contributed by atoms with van der Waals surface area (Å²) in [4.78, 5) is 23.8. The molecule has 3 aromatic rings. The summed E-state index contributed by atoms with van der Waals surface area (Å²) < 4.78 is 44.9. The SMILES string of the molecule is O=C(CC(=O)Nc1cccc(C(F)(F)F)c1)NN=Cc1ccc(OCc2ccc(Br)cc2)cc1. The maximum atomic E-state index is 12.7. The van der Waals surface area contributed by atoms with Crippen molar-refractivity contribution in [2.45, 2.75) is 19.2 Å². The molecule has 0 aliphatic heterocycles. The Kier molecular flexibility index (Phi) is 8.42. The van der Waals surface area contributed by atoms with E-state index in [1.165, 1.54) is 18.3 Å². The van der Waals surface area contributed by atoms with E-state index in [0.29, 0.717) is 17.9 Å². The number of hydrogen-bond donors (Lipinski definition) is 2. The highest BCUT2D eigenvalue weighted by atomic mass is 79.9. The molecule has 0 radical (unpaired) electrons. The fourth-order valence-corrected chi connectivity index (χ4v) is 3.00. The van der Waals surface area contributed by atoms with E-state index < -0.39 is 30.0 Å². The lowest BCUT2D eigenvalue weighted by molar-refractivity contribution is -0.137. The lowest BCUT2D eigenvalue weighted by atomic mass is 10.2. The van der Waals surface area contributed by atoms with E-state index in [9.17, 15) is 22.8 Å². The van der Waals surface area contributed by atoms with Crippen molar-refractivity contribution in [3.05, 3.63) is 94.0 Å². The van der Waals surface area contributed by atoms with Crippen LogP contribution in [-0.4, -0.2) is 18.0 Å². The van der Waals surface area contributed by atoms with Gasteiger partial charge in [0, 0.05) is 10.2 Å². The molecular weight excluding hydrogens is 515 g/mol. The maximum Gasteiger partial charge on any atom is 0.416 e. The van der Waals surface area contributed by atoms with Crippen molar-refractivity contribution in [3.8, 4) is 5.75 Å². The van der Waals surface area contributed by atoms with Crippen molar-refractivity contribution >= 4 is 39.6 Å². The average molecular weight is 534 g/mol. The van der Waals surface area contributed by atoms with Gasteiger partial charge >= 0.3 is 6.18 Å². The van der Waals surface area contributed by atoms with E-state index in [-0.39, 0.29) is 5.69 Å². The largest absolute Gasteiger partial charge is 0.489 e. The Morgan fingerprint density at radius 1 is 0.971 bits per heavy atom. The number of carbonyl (C=O) groups is 2. The van der Waals surface area contributed by atoms with Gasteiger partial charge in [-0.2, -0.15) is 18.3 Å². The lowest BCUT2D eigenvalue weighted by Crippen LogP contribution is -2.24. The molecule has 10 heteroatoms. The molecule has 0 saturated carbocycles. The fourth-order valence-electron chi connectivity index (χ4n) is 2.74. The van der Waals surface area contributed by atoms with Gasteiger partial charge in [-0.1, -0.05) is 34.1 Å². The van der Waals surface area contributed by atoms with E-state index in [2.05, 4.69) is 31.8 Å². The summed E-state index contributed by atoms with van der Waals surface area (Å²) in [7, 11) is 0. The number of benzene rings is 3. The van der Waals surface area contributed by atoms with Gasteiger partial charge in [-0.05, 0) is 65.7 Å². The Bertz CT molecular complexity index is 1160. The van der Waals surface area contributed by atoms with Crippen molar-refractivity contribution < 1.29 is 27.5 Å². The van der Waals surface area contributed by atoms with Crippen LogP contribution in [0.1, 0.15) is 23.1 Å². The van der Waals surface area contributed by atoms with E-state index in [1.807, 2.05) is 24.3 Å². The number of hydrogen-bond acceptors (Lipinski definition) is 4. The van der Waals surface area contributed by atoms with Crippen LogP contribution in [0, 0.1) is 0 Å². The molecule has 0 spiro atoms. The summed E-state index contributed by atoms with van der Waals surface area (Å²) in [6.45, 7) is 0.416. The van der Waals surface area contributed by atoms with Crippen molar-refractivity contribution in [2.75, 3.05) is 5.32 Å². The maximum absolute atomic E-state index is 12.7. The van der Waals surface area contributed by atoms with Gasteiger partial charge in [0.15, 0.2) is 0 Å². The highest BCUT2D eigenvalue weighted by Gasteiger charge is 2.30. The molecule has 6 nitrogen and oxygen atoms in total. The van der Waals surface area contributed by atoms with Crippen LogP contribution >= 0.6 is 15.9 Å². The number of halogens is 4. The van der Waals surface area contributed by atoms with Crippen LogP contribution in [0.2, 0.25) is 0 Å². The van der Waals surface area contributed by atoms with E-state index >= 15 is 0 Å². The van der Waals surface area contributed by atoms with Crippen LogP contribution in [0.15, 0.2) is 82.4 Å². The normalized spacial score (nSPS) is 11.3. The second-order valence-corrected chi connectivity index (χ2v) is 8.00. The molecule has 0 fully saturated rings. The van der Waals surface area contributed by atoms with Crippen LogP contribution in [0.5, 0.6) is 5.75 Å². The van der Waals surface area contributed by atoms with Crippen LogP contribution in [0.4, 0.5) is 18.9 Å². The second kappa shape index (κ2) is 11.5. The molecule has 0 aromatic heterocycles. The van der Waals surface area contributed by atoms with E-state index in [0.717, 1.165) is 22.2 Å². The van der Waals surface area contributed by atoms with E-state index in [1.54, 1.807) is 24.3 Å². The van der Waals surface area contributed by atoms with Crippen LogP contribution < -0.4 is 15.5 Å². The van der Waals surface area contributed by atoms with Crippen LogP contribution in [0.3, 0.4) is 0 Å². The van der Waals surface area contributed by atoms with Gasteiger partial charge in [0.2, 0.25) is 11.8 Å². The Morgan fingerprint density at radius 3 is 2.35 bits per heavy atom. The number of carbonyl (C=O) groups excluding carboxylic acids is 2. The third-order valence-corrected chi connectivity index (χ3v) is 4.93. The molecular formula is C24H19BrF3N3O3. The zero-order valence-electron chi connectivity index (χ0n) is 17.6. The first kappa shape index (κ1) is 25.0. The van der Waals surface area contributed by atoms with Crippen LogP contribution in [0.25, 0.3) is 0 Å². The topological polar surface area (TPSA) is 79.8 Å². The van der Waals surface area contributed by atoms with Crippen molar-refractivity contribution in [1.82, 2.24) is 5.43 Å². The van der Waals surface area contributed by atoms with Gasteiger partial charge in [0.25, 0.3) is 0 Å². The number of ether oxygens (including phenoxy) is 1. The first-order valence-electron chi connectivity index (χ1n) is 9.95. The number of alkyl halides is 3. The molecule has 0 aliphatic rings. The summed E-state index contributed by atoms with van der Waals surface area (Å²) in [5, 5.41) is 6.04. The zero-order chi connectivity index (χ0) is 24.6. The smallest absolute Gasteiger partial charge is 0.416 e. The number of nitrogens with zero attached hydrogens (tertiary/aromatic N) is 1. The average Bonchev–Trinajstić information content (AvgIpc) is 2.79. The molecule has 0 aliphatic carbocycles. The molecule has 0 atom stereocenters. The molecule has 3 rings (SSSR count). The minimum absolute atomic E-state index is 0.0569. The summed E-state index contributed by atoms with van der Waals surface area (Å²) >= 11 is 3.38. The quantitative estimate of drug-likeness (QED) is 0.227. The van der Waals surface area contributed by atoms with Crippen molar-refractivity contribution in [2.24, 2.45) is 5.10 Å². The lowest BCUT2D eigenvalue weighted by Gasteiger charge is -2.09. The molecule has 0 unspecified atom stereocenters. The Hall–Kier alpha value is -3.66. The molecule has 2 N–H and O–H groups in total. The Morgan fingerprint density at radius 2 is 1.68 bits per heavy atom. The van der Waals surface area contributed by atoms with Crippen molar-refractivity contribution in [1.29, 1.82) is 0 Å². The van der Waals surface area contributed by atoms with Gasteiger partial charge in [-0.15, -0.1) is 0 Å². The highest BCUT2D eigenvalue weighted by molar-refractivity contribution is 9.10. The minimum Gasteiger partial charge on any atom is -0.489 e. The zero-order valence-corrected chi connectivity index (χ0v) is 19.2. The number of nitrogens with one attached hydrogen (secondary N) is 2. The monoisotopic (exact) mass is 533 g/mol. The molecule has 0 bridgehead atoms. The first-order valence-corrected chi connectivity index (χ1v) is 10.7. The molecule has 2 amide bonds. The first-order chi connectivity index (χ1) is 16.2. The number of hydrazone groups is 1. The second-order valence-electron chi connectivity index (χ2n) is 7.08. The Labute approximate surface area is 202 Å². The minimum atomic E-state index is -4.53. The fraction of sp³-hybridized carbons (Fsp3) is 0.125. The van der Waals surface area contributed by atoms with Gasteiger partial charge in [-0.3, -0.25) is 9.59 Å². The number of amides is 2.